The van der Waals surface area contributed by atoms with Crippen LogP contribution in [0.4, 0.5) is 8.78 Å². The van der Waals surface area contributed by atoms with Crippen molar-refractivity contribution in [3.05, 3.63) is 51.4 Å². The van der Waals surface area contributed by atoms with Crippen molar-refractivity contribution in [3.63, 3.8) is 0 Å². The molecule has 0 radical (unpaired) electrons. The summed E-state index contributed by atoms with van der Waals surface area (Å²) in [6.07, 6.45) is 2.17. The van der Waals surface area contributed by atoms with Crippen molar-refractivity contribution in [2.45, 2.75) is 44.9 Å². The number of H-pyrrole nitrogens is 1. The van der Waals surface area contributed by atoms with Gasteiger partial charge in [0.05, 0.1) is 0 Å². The molecule has 3 aliphatic rings. The van der Waals surface area contributed by atoms with Crippen LogP contribution in [0.5, 0.6) is 0 Å². The number of benzene rings is 1. The van der Waals surface area contributed by atoms with Crippen LogP contribution < -0.4 is 5.56 Å². The van der Waals surface area contributed by atoms with Crippen LogP contribution in [-0.4, -0.2) is 9.78 Å². The second kappa shape index (κ2) is 3.45. The molecule has 0 amide bonds. The van der Waals surface area contributed by atoms with Gasteiger partial charge in [-0.3, -0.25) is 9.89 Å². The van der Waals surface area contributed by atoms with E-state index in [9.17, 15) is 13.6 Å². The lowest BCUT2D eigenvalue weighted by molar-refractivity contribution is 0.171. The highest BCUT2D eigenvalue weighted by atomic mass is 19.1. The zero-order chi connectivity index (χ0) is 16.4. The first-order chi connectivity index (χ1) is 10.8. The minimum Gasteiger partial charge on any atom is -0.294 e. The maximum atomic E-state index is 14.1. The van der Waals surface area contributed by atoms with Gasteiger partial charge < -0.3 is 0 Å². The maximum Gasteiger partial charge on any atom is 0.275 e. The van der Waals surface area contributed by atoms with Gasteiger partial charge in [0.2, 0.25) is 0 Å². The Balaban J connectivity index is 1.75. The maximum absolute atomic E-state index is 14.1. The lowest BCUT2D eigenvalue weighted by Crippen LogP contribution is -2.33. The monoisotopic (exact) mass is 316 g/mol. The number of halogens is 2. The fourth-order valence-corrected chi connectivity index (χ4v) is 6.07. The Morgan fingerprint density at radius 1 is 1.26 bits per heavy atom. The number of hydrogen-bond acceptors (Lipinski definition) is 1. The topological polar surface area (TPSA) is 37.8 Å². The van der Waals surface area contributed by atoms with E-state index in [0.29, 0.717) is 0 Å². The molecule has 1 N–H and O–H groups in total. The van der Waals surface area contributed by atoms with Crippen LogP contribution in [0.2, 0.25) is 0 Å². The van der Waals surface area contributed by atoms with Gasteiger partial charge in [-0.05, 0) is 41.7 Å². The molecule has 1 heterocycles. The quantitative estimate of drug-likeness (QED) is 0.857. The van der Waals surface area contributed by atoms with Gasteiger partial charge in [0.25, 0.3) is 5.56 Å². The number of aromatic nitrogens is 2. The van der Waals surface area contributed by atoms with E-state index in [1.165, 1.54) is 16.8 Å². The predicted octanol–water partition coefficient (Wildman–Crippen LogP) is 3.62. The molecule has 2 aromatic rings. The van der Waals surface area contributed by atoms with Crippen LogP contribution in [0, 0.1) is 22.5 Å². The van der Waals surface area contributed by atoms with Crippen LogP contribution in [0.1, 0.15) is 50.8 Å². The van der Waals surface area contributed by atoms with Crippen LogP contribution in [0.15, 0.2) is 23.0 Å². The molecule has 3 nitrogen and oxygen atoms in total. The van der Waals surface area contributed by atoms with E-state index in [2.05, 4.69) is 25.9 Å². The van der Waals surface area contributed by atoms with Crippen LogP contribution in [-0.2, 0) is 5.41 Å². The van der Waals surface area contributed by atoms with Crippen molar-refractivity contribution in [1.82, 2.24) is 9.78 Å². The Morgan fingerprint density at radius 2 is 2.00 bits per heavy atom. The Labute approximate surface area is 132 Å². The molecule has 0 bridgehead atoms. The summed E-state index contributed by atoms with van der Waals surface area (Å²) >= 11 is 0. The van der Waals surface area contributed by atoms with E-state index < -0.39 is 11.6 Å². The molecule has 5 rings (SSSR count). The fraction of sp³-hybridized carbons (Fsp3) is 0.500. The molecule has 23 heavy (non-hydrogen) atoms. The average Bonchev–Trinajstić information content (AvgIpc) is 2.63. The van der Waals surface area contributed by atoms with E-state index >= 15 is 0 Å². The lowest BCUT2D eigenvalue weighted by atomic mass is 9.65. The molecule has 0 aliphatic heterocycles. The molecule has 1 spiro atoms. The molecule has 2 fully saturated rings. The number of rotatable bonds is 1. The predicted molar refractivity (Wildman–Crippen MR) is 81.8 cm³/mol. The summed E-state index contributed by atoms with van der Waals surface area (Å²) < 4.78 is 28.5. The van der Waals surface area contributed by atoms with E-state index in [-0.39, 0.29) is 33.4 Å². The second-order valence-electron chi connectivity index (χ2n) is 7.95. The molecule has 0 saturated heterocycles. The summed E-state index contributed by atoms with van der Waals surface area (Å²) in [5, 5.41) is 3.16. The normalized spacial score (nSPS) is 35.3. The molecule has 2 saturated carbocycles. The van der Waals surface area contributed by atoms with Crippen LogP contribution in [0.3, 0.4) is 0 Å². The van der Waals surface area contributed by atoms with Crippen LogP contribution in [0.25, 0.3) is 5.69 Å². The van der Waals surface area contributed by atoms with Gasteiger partial charge in [-0.25, -0.2) is 13.5 Å². The average molecular weight is 316 g/mol. The Hall–Kier alpha value is -1.91. The summed E-state index contributed by atoms with van der Waals surface area (Å²) in [6.45, 7) is 6.73. The largest absolute Gasteiger partial charge is 0.294 e. The van der Waals surface area contributed by atoms with Gasteiger partial charge in [0, 0.05) is 22.7 Å². The summed E-state index contributed by atoms with van der Waals surface area (Å²) in [7, 11) is 0. The first-order valence-corrected chi connectivity index (χ1v) is 8.08. The van der Waals surface area contributed by atoms with Crippen molar-refractivity contribution < 1.29 is 8.78 Å². The summed E-state index contributed by atoms with van der Waals surface area (Å²) in [4.78, 5) is 12.9. The molecule has 3 atom stereocenters. The zero-order valence-corrected chi connectivity index (χ0v) is 13.3. The van der Waals surface area contributed by atoms with E-state index in [1.54, 1.807) is 0 Å². The molecule has 2 unspecified atom stereocenters. The molecule has 5 heteroatoms. The van der Waals surface area contributed by atoms with E-state index in [1.807, 2.05) is 0 Å². The molecule has 120 valence electrons. The minimum absolute atomic E-state index is 0.0564. The van der Waals surface area contributed by atoms with E-state index in [4.69, 9.17) is 0 Å². The Bertz CT molecular complexity index is 941. The standard InChI is InChI=1S/C18H18F2N2O/c1-16(2)17(3)14-13(10-6-7-18(10,16)17)15(23)22(21-14)12-5-4-9(19)8-11(12)20/h4-5,8,10,21H,6-7H2,1-3H3/t10?,17-,18?/m1/s1. The zero-order valence-electron chi connectivity index (χ0n) is 13.3. The Kier molecular flexibility index (Phi) is 2.03. The van der Waals surface area contributed by atoms with Crippen LogP contribution >= 0.6 is 0 Å². The Morgan fingerprint density at radius 3 is 2.61 bits per heavy atom. The first-order valence-electron chi connectivity index (χ1n) is 8.08. The molecule has 1 aromatic heterocycles. The van der Waals surface area contributed by atoms with Crippen molar-refractivity contribution in [1.29, 1.82) is 0 Å². The highest BCUT2D eigenvalue weighted by Crippen LogP contribution is 2.92. The van der Waals surface area contributed by atoms with Crippen molar-refractivity contribution in [3.8, 4) is 5.69 Å². The number of hydrogen-bond donors (Lipinski definition) is 1. The van der Waals surface area contributed by atoms with Gasteiger partial charge in [-0.15, -0.1) is 0 Å². The molecule has 3 aliphatic carbocycles. The third-order valence-electron chi connectivity index (χ3n) is 7.54. The lowest BCUT2D eigenvalue weighted by Gasteiger charge is -2.38. The first kappa shape index (κ1) is 13.5. The smallest absolute Gasteiger partial charge is 0.275 e. The SMILES string of the molecule is CC1(C)C23CCC2c2c([nH]n(-c4ccc(F)cc4F)c2=O)[C@]13C. The summed E-state index contributed by atoms with van der Waals surface area (Å²) in [5.41, 5.74) is 1.96. The third kappa shape index (κ3) is 1.08. The van der Waals surface area contributed by atoms with Crippen molar-refractivity contribution in [2.24, 2.45) is 10.8 Å². The van der Waals surface area contributed by atoms with Crippen molar-refractivity contribution in [2.75, 3.05) is 0 Å². The number of nitrogens with zero attached hydrogens (tertiary/aromatic N) is 1. The summed E-state index contributed by atoms with van der Waals surface area (Å²) in [6, 6.07) is 3.30. The van der Waals surface area contributed by atoms with Gasteiger partial charge in [0.1, 0.15) is 11.5 Å². The van der Waals surface area contributed by atoms with Crippen molar-refractivity contribution >= 4 is 0 Å². The van der Waals surface area contributed by atoms with Gasteiger partial charge in [-0.1, -0.05) is 20.8 Å². The summed E-state index contributed by atoms with van der Waals surface area (Å²) in [5.74, 6) is -1.11. The number of nitrogens with one attached hydrogen (secondary N) is 1. The number of fused-ring (bicyclic) bond motifs is 3. The molecular formula is C18H18F2N2O. The minimum atomic E-state index is -0.730. The highest BCUT2D eigenvalue weighted by Gasteiger charge is 2.89. The van der Waals surface area contributed by atoms with E-state index in [0.717, 1.165) is 30.2 Å². The number of aromatic amines is 1. The van der Waals surface area contributed by atoms with Gasteiger partial charge >= 0.3 is 0 Å². The third-order valence-corrected chi connectivity index (χ3v) is 7.54. The van der Waals surface area contributed by atoms with Gasteiger partial charge in [0.15, 0.2) is 5.82 Å². The molecular weight excluding hydrogens is 298 g/mol. The fourth-order valence-electron chi connectivity index (χ4n) is 6.07. The molecule has 1 aromatic carbocycles. The van der Waals surface area contributed by atoms with Gasteiger partial charge in [-0.2, -0.15) is 0 Å². The highest BCUT2D eigenvalue weighted by molar-refractivity contribution is 5.59. The second-order valence-corrected chi connectivity index (χ2v) is 7.95.